The normalized spacial score (nSPS) is 11.7. The molecule has 20 heavy (non-hydrogen) atoms. The number of aromatic nitrogens is 1. The van der Waals surface area contributed by atoms with Crippen LogP contribution in [0.4, 0.5) is 10.8 Å². The predicted octanol–water partition coefficient (Wildman–Crippen LogP) is 4.06. The third kappa shape index (κ3) is 3.02. The molecule has 0 bridgehead atoms. The van der Waals surface area contributed by atoms with Crippen LogP contribution in [0.3, 0.4) is 0 Å². The third-order valence-corrected chi connectivity index (χ3v) is 4.30. The van der Waals surface area contributed by atoms with Gasteiger partial charge in [-0.3, -0.25) is 0 Å². The quantitative estimate of drug-likeness (QED) is 0.923. The second kappa shape index (κ2) is 5.94. The van der Waals surface area contributed by atoms with Gasteiger partial charge in [-0.1, -0.05) is 50.3 Å². The fraction of sp³-hybridized carbons (Fsp3) is 0.438. The molecule has 2 N–H and O–H groups in total. The smallest absolute Gasteiger partial charge is 0.190 e. The van der Waals surface area contributed by atoms with Crippen LogP contribution < -0.4 is 10.6 Å². The Balaban J connectivity index is 2.44. The van der Waals surface area contributed by atoms with E-state index in [4.69, 9.17) is 10.7 Å². The summed E-state index contributed by atoms with van der Waals surface area (Å²) in [6.45, 7) is 10.1. The fourth-order valence-electron chi connectivity index (χ4n) is 2.22. The molecule has 1 heterocycles. The van der Waals surface area contributed by atoms with Gasteiger partial charge in [0.1, 0.15) is 0 Å². The predicted molar refractivity (Wildman–Crippen MR) is 87.8 cm³/mol. The molecule has 2 rings (SSSR count). The van der Waals surface area contributed by atoms with Crippen molar-refractivity contribution in [2.24, 2.45) is 5.73 Å². The van der Waals surface area contributed by atoms with Crippen molar-refractivity contribution in [1.82, 2.24) is 4.98 Å². The van der Waals surface area contributed by atoms with Crippen LogP contribution in [0, 0.1) is 0 Å². The zero-order valence-electron chi connectivity index (χ0n) is 12.7. The monoisotopic (exact) mass is 289 g/mol. The first kappa shape index (κ1) is 15.0. The van der Waals surface area contributed by atoms with Crippen LogP contribution in [-0.4, -0.2) is 11.5 Å². The van der Waals surface area contributed by atoms with Crippen molar-refractivity contribution in [3.63, 3.8) is 0 Å². The SMILES string of the molecule is CCN(c1ccccc1)c1nc(C(C)(C)C)c(CN)s1. The topological polar surface area (TPSA) is 42.2 Å². The Morgan fingerprint density at radius 2 is 1.85 bits per heavy atom. The summed E-state index contributed by atoms with van der Waals surface area (Å²) >= 11 is 1.70. The Morgan fingerprint density at radius 1 is 1.20 bits per heavy atom. The van der Waals surface area contributed by atoms with Gasteiger partial charge in [0.15, 0.2) is 5.13 Å². The highest BCUT2D eigenvalue weighted by Gasteiger charge is 2.24. The highest BCUT2D eigenvalue weighted by Crippen LogP contribution is 2.36. The molecule has 0 unspecified atom stereocenters. The average Bonchev–Trinajstić information content (AvgIpc) is 2.85. The van der Waals surface area contributed by atoms with Gasteiger partial charge < -0.3 is 10.6 Å². The van der Waals surface area contributed by atoms with Gasteiger partial charge in [0.25, 0.3) is 0 Å². The second-order valence-electron chi connectivity index (χ2n) is 5.80. The van der Waals surface area contributed by atoms with E-state index in [9.17, 15) is 0 Å². The zero-order valence-corrected chi connectivity index (χ0v) is 13.5. The lowest BCUT2D eigenvalue weighted by atomic mass is 9.91. The number of para-hydroxylation sites is 1. The van der Waals surface area contributed by atoms with Crippen LogP contribution in [0.5, 0.6) is 0 Å². The van der Waals surface area contributed by atoms with Gasteiger partial charge in [-0.2, -0.15) is 0 Å². The van der Waals surface area contributed by atoms with E-state index < -0.39 is 0 Å². The summed E-state index contributed by atoms with van der Waals surface area (Å²) in [4.78, 5) is 8.28. The number of nitrogens with zero attached hydrogens (tertiary/aromatic N) is 2. The summed E-state index contributed by atoms with van der Waals surface area (Å²) in [7, 11) is 0. The minimum absolute atomic E-state index is 0.0273. The van der Waals surface area contributed by atoms with Crippen molar-refractivity contribution in [2.75, 3.05) is 11.4 Å². The number of anilines is 2. The second-order valence-corrected chi connectivity index (χ2v) is 6.86. The molecule has 0 atom stereocenters. The van der Waals surface area contributed by atoms with Gasteiger partial charge in [-0.25, -0.2) is 4.98 Å². The van der Waals surface area contributed by atoms with Crippen molar-refractivity contribution >= 4 is 22.2 Å². The van der Waals surface area contributed by atoms with Crippen molar-refractivity contribution in [3.8, 4) is 0 Å². The van der Waals surface area contributed by atoms with Gasteiger partial charge in [-0.05, 0) is 19.1 Å². The molecular weight excluding hydrogens is 266 g/mol. The van der Waals surface area contributed by atoms with Crippen LogP contribution in [0.15, 0.2) is 30.3 Å². The molecule has 0 amide bonds. The van der Waals surface area contributed by atoms with E-state index in [1.54, 1.807) is 11.3 Å². The number of hydrogen-bond acceptors (Lipinski definition) is 4. The summed E-state index contributed by atoms with van der Waals surface area (Å²) in [5.41, 5.74) is 8.21. The lowest BCUT2D eigenvalue weighted by Gasteiger charge is -2.20. The Morgan fingerprint density at radius 3 is 2.30 bits per heavy atom. The number of rotatable bonds is 4. The van der Waals surface area contributed by atoms with E-state index in [0.717, 1.165) is 17.4 Å². The lowest BCUT2D eigenvalue weighted by molar-refractivity contribution is 0.566. The summed E-state index contributed by atoms with van der Waals surface area (Å²) in [6, 6.07) is 10.4. The van der Waals surface area contributed by atoms with Crippen molar-refractivity contribution in [1.29, 1.82) is 0 Å². The van der Waals surface area contributed by atoms with E-state index in [2.05, 4.69) is 56.9 Å². The Bertz CT molecular complexity index is 555. The minimum Gasteiger partial charge on any atom is -0.326 e. The van der Waals surface area contributed by atoms with Gasteiger partial charge >= 0.3 is 0 Å². The van der Waals surface area contributed by atoms with Gasteiger partial charge in [0, 0.05) is 29.1 Å². The molecule has 3 nitrogen and oxygen atoms in total. The molecule has 4 heteroatoms. The molecule has 0 fully saturated rings. The third-order valence-electron chi connectivity index (χ3n) is 3.20. The van der Waals surface area contributed by atoms with E-state index in [-0.39, 0.29) is 5.41 Å². The maximum atomic E-state index is 5.89. The first-order valence-electron chi connectivity index (χ1n) is 7.00. The molecular formula is C16H23N3S. The van der Waals surface area contributed by atoms with Crippen LogP contribution in [-0.2, 0) is 12.0 Å². The molecule has 0 saturated carbocycles. The first-order valence-corrected chi connectivity index (χ1v) is 7.81. The molecule has 0 saturated heterocycles. The Kier molecular flexibility index (Phi) is 4.45. The summed E-state index contributed by atoms with van der Waals surface area (Å²) in [5, 5.41) is 1.03. The first-order chi connectivity index (χ1) is 9.47. The highest BCUT2D eigenvalue weighted by atomic mass is 32.1. The molecule has 1 aromatic heterocycles. The van der Waals surface area contributed by atoms with Crippen LogP contribution in [0.2, 0.25) is 0 Å². The van der Waals surface area contributed by atoms with Crippen molar-refractivity contribution in [2.45, 2.75) is 39.7 Å². The zero-order chi connectivity index (χ0) is 14.8. The number of hydrogen-bond donors (Lipinski definition) is 1. The Hall–Kier alpha value is -1.39. The van der Waals surface area contributed by atoms with Gasteiger partial charge in [-0.15, -0.1) is 0 Å². The fourth-order valence-corrected chi connectivity index (χ4v) is 3.45. The maximum Gasteiger partial charge on any atom is 0.190 e. The van der Waals surface area contributed by atoms with Crippen LogP contribution in [0.1, 0.15) is 38.3 Å². The lowest BCUT2D eigenvalue weighted by Crippen LogP contribution is -2.18. The maximum absolute atomic E-state index is 5.89. The molecule has 1 aromatic carbocycles. The average molecular weight is 289 g/mol. The number of thiazole rings is 1. The summed E-state index contributed by atoms with van der Waals surface area (Å²) in [5.74, 6) is 0. The van der Waals surface area contributed by atoms with E-state index in [1.807, 2.05) is 6.07 Å². The van der Waals surface area contributed by atoms with E-state index in [1.165, 1.54) is 10.6 Å². The van der Waals surface area contributed by atoms with Gasteiger partial charge in [0.05, 0.1) is 5.69 Å². The van der Waals surface area contributed by atoms with Crippen molar-refractivity contribution in [3.05, 3.63) is 40.9 Å². The van der Waals surface area contributed by atoms with Crippen LogP contribution in [0.25, 0.3) is 0 Å². The molecule has 0 aliphatic rings. The van der Waals surface area contributed by atoms with Gasteiger partial charge in [0.2, 0.25) is 0 Å². The highest BCUT2D eigenvalue weighted by molar-refractivity contribution is 7.15. The largest absolute Gasteiger partial charge is 0.326 e. The standard InChI is InChI=1S/C16H23N3S/c1-5-19(12-9-7-6-8-10-12)15-18-14(16(2,3)4)13(11-17)20-15/h6-10H,5,11,17H2,1-4H3. The summed E-state index contributed by atoms with van der Waals surface area (Å²) < 4.78 is 0. The van der Waals surface area contributed by atoms with Crippen molar-refractivity contribution < 1.29 is 0 Å². The number of nitrogens with two attached hydrogens (primary N) is 1. The molecule has 2 aromatic rings. The molecule has 0 spiro atoms. The molecule has 108 valence electrons. The molecule has 0 radical (unpaired) electrons. The minimum atomic E-state index is 0.0273. The summed E-state index contributed by atoms with van der Waals surface area (Å²) in [6.07, 6.45) is 0. The molecule has 0 aliphatic carbocycles. The van der Waals surface area contributed by atoms with Crippen LogP contribution >= 0.6 is 11.3 Å². The van der Waals surface area contributed by atoms with E-state index in [0.29, 0.717) is 6.54 Å². The Labute approximate surface area is 125 Å². The number of benzene rings is 1. The molecule has 0 aliphatic heterocycles. The van der Waals surface area contributed by atoms with E-state index >= 15 is 0 Å².